The predicted octanol–water partition coefficient (Wildman–Crippen LogP) is 4.29. The number of ether oxygens (including phenoxy) is 2. The van der Waals surface area contributed by atoms with Crippen molar-refractivity contribution in [3.8, 4) is 0 Å². The van der Waals surface area contributed by atoms with Crippen molar-refractivity contribution >= 4 is 29.0 Å². The van der Waals surface area contributed by atoms with Crippen LogP contribution in [0.25, 0.3) is 0 Å². The normalized spacial score (nSPS) is 16.7. The maximum atomic E-state index is 12.9. The molecule has 1 aliphatic heterocycles. The Balaban J connectivity index is 1.36. The number of carbonyl (C=O) groups excluding carboxylic acids is 1. The van der Waals surface area contributed by atoms with Crippen LogP contribution in [0.3, 0.4) is 0 Å². The maximum Gasteiger partial charge on any atom is 0.287 e. The molecule has 0 saturated carbocycles. The van der Waals surface area contributed by atoms with Crippen molar-refractivity contribution in [2.45, 2.75) is 31.8 Å². The van der Waals surface area contributed by atoms with E-state index >= 15 is 0 Å². The zero-order chi connectivity index (χ0) is 26.9. The van der Waals surface area contributed by atoms with Crippen LogP contribution in [-0.2, 0) is 27.5 Å². The molecule has 198 valence electrons. The minimum absolute atomic E-state index is 0.0289. The van der Waals surface area contributed by atoms with Gasteiger partial charge in [0, 0.05) is 36.5 Å². The van der Waals surface area contributed by atoms with Crippen molar-refractivity contribution in [2.75, 3.05) is 18.4 Å². The van der Waals surface area contributed by atoms with Crippen molar-refractivity contribution in [1.82, 2.24) is 10.3 Å². The standard InChI is InChI=1S/C27H27ClN4O6/c28-22-7-5-20(6-8-22)21-13-24(38-26(14-21)37-17-19-3-1-18(16-33)2-4-19)27(34)30-12-11-29-25-10-9-23(15-31-25)32(35)36/h1-10,13,15,21,26,33H,11-12,14,16-17H2,(H,29,31)(H,30,34)/t21-,26+/m0/s1. The van der Waals surface area contributed by atoms with Crippen molar-refractivity contribution in [1.29, 1.82) is 0 Å². The fourth-order valence-corrected chi connectivity index (χ4v) is 3.97. The van der Waals surface area contributed by atoms with E-state index in [1.54, 1.807) is 18.2 Å². The number of allylic oxidation sites excluding steroid dienone is 1. The van der Waals surface area contributed by atoms with Gasteiger partial charge in [0.1, 0.15) is 12.0 Å². The Labute approximate surface area is 224 Å². The molecule has 3 aromatic rings. The first-order valence-electron chi connectivity index (χ1n) is 12.0. The van der Waals surface area contributed by atoms with Crippen LogP contribution in [-0.4, -0.2) is 40.3 Å². The molecule has 0 unspecified atom stereocenters. The summed E-state index contributed by atoms with van der Waals surface area (Å²) in [4.78, 5) is 27.1. The molecule has 3 N–H and O–H groups in total. The van der Waals surface area contributed by atoms with E-state index in [-0.39, 0.29) is 43.0 Å². The quantitative estimate of drug-likeness (QED) is 0.187. The van der Waals surface area contributed by atoms with E-state index in [0.717, 1.165) is 16.7 Å². The van der Waals surface area contributed by atoms with E-state index in [2.05, 4.69) is 15.6 Å². The lowest BCUT2D eigenvalue weighted by Crippen LogP contribution is -2.35. The Morgan fingerprint density at radius 3 is 2.50 bits per heavy atom. The Morgan fingerprint density at radius 1 is 1.11 bits per heavy atom. The SMILES string of the molecule is O=C(NCCNc1ccc([N+](=O)[O-])cn1)C1=C[C@H](c2ccc(Cl)cc2)C[C@H](OCc2ccc(CO)cc2)O1. The number of hydrogen-bond donors (Lipinski definition) is 3. The van der Waals surface area contributed by atoms with Crippen LogP contribution in [0, 0.1) is 10.1 Å². The molecule has 0 spiro atoms. The van der Waals surface area contributed by atoms with Crippen molar-refractivity contribution in [3.05, 3.63) is 111 Å². The van der Waals surface area contributed by atoms with E-state index in [4.69, 9.17) is 21.1 Å². The molecule has 0 radical (unpaired) electrons. The molecule has 10 nitrogen and oxygen atoms in total. The average Bonchev–Trinajstić information content (AvgIpc) is 2.95. The summed E-state index contributed by atoms with van der Waals surface area (Å²) < 4.78 is 11.9. The molecule has 0 saturated heterocycles. The number of nitro groups is 1. The number of aliphatic hydroxyl groups is 1. The topological polar surface area (TPSA) is 136 Å². The summed E-state index contributed by atoms with van der Waals surface area (Å²) in [7, 11) is 0. The van der Waals surface area contributed by atoms with Crippen LogP contribution in [0.1, 0.15) is 29.0 Å². The van der Waals surface area contributed by atoms with Crippen molar-refractivity contribution in [2.24, 2.45) is 0 Å². The molecule has 1 aromatic heterocycles. The van der Waals surface area contributed by atoms with Gasteiger partial charge in [-0.3, -0.25) is 14.9 Å². The molecular formula is C27H27ClN4O6. The molecule has 11 heteroatoms. The lowest BCUT2D eigenvalue weighted by Gasteiger charge is -2.29. The third kappa shape index (κ3) is 7.51. The highest BCUT2D eigenvalue weighted by Gasteiger charge is 2.28. The predicted molar refractivity (Wildman–Crippen MR) is 141 cm³/mol. The van der Waals surface area contributed by atoms with E-state index in [1.807, 2.05) is 36.4 Å². The molecule has 0 aliphatic carbocycles. The number of amides is 1. The second-order valence-electron chi connectivity index (χ2n) is 8.60. The number of nitrogens with zero attached hydrogens (tertiary/aromatic N) is 2. The van der Waals surface area contributed by atoms with Gasteiger partial charge >= 0.3 is 0 Å². The fraction of sp³-hybridized carbons (Fsp3) is 0.259. The lowest BCUT2D eigenvalue weighted by molar-refractivity contribution is -0.385. The number of carbonyl (C=O) groups is 1. The summed E-state index contributed by atoms with van der Waals surface area (Å²) in [5, 5.41) is 26.4. The summed E-state index contributed by atoms with van der Waals surface area (Å²) >= 11 is 6.05. The number of halogens is 1. The first-order chi connectivity index (χ1) is 18.4. The van der Waals surface area contributed by atoms with E-state index in [9.17, 15) is 20.0 Å². The van der Waals surface area contributed by atoms with Gasteiger partial charge in [-0.1, -0.05) is 48.0 Å². The van der Waals surface area contributed by atoms with E-state index in [0.29, 0.717) is 23.8 Å². The summed E-state index contributed by atoms with van der Waals surface area (Å²) in [6.45, 7) is 0.879. The summed E-state index contributed by atoms with van der Waals surface area (Å²) in [6, 6.07) is 17.7. The lowest BCUT2D eigenvalue weighted by atomic mass is 9.93. The van der Waals surface area contributed by atoms with Crippen LogP contribution >= 0.6 is 11.6 Å². The van der Waals surface area contributed by atoms with Gasteiger partial charge in [-0.05, 0) is 41.0 Å². The molecule has 2 heterocycles. The van der Waals surface area contributed by atoms with Crippen molar-refractivity contribution in [3.63, 3.8) is 0 Å². The molecule has 38 heavy (non-hydrogen) atoms. The third-order valence-electron chi connectivity index (χ3n) is 5.90. The molecule has 1 amide bonds. The van der Waals surface area contributed by atoms with Gasteiger partial charge in [-0.2, -0.15) is 0 Å². The Bertz CT molecular complexity index is 1270. The van der Waals surface area contributed by atoms with Crippen LogP contribution in [0.2, 0.25) is 5.02 Å². The zero-order valence-corrected chi connectivity index (χ0v) is 21.1. The monoisotopic (exact) mass is 538 g/mol. The van der Waals surface area contributed by atoms with Gasteiger partial charge in [-0.15, -0.1) is 0 Å². The summed E-state index contributed by atoms with van der Waals surface area (Å²) in [5.74, 6) is 0.112. The maximum absolute atomic E-state index is 12.9. The Hall–Kier alpha value is -3.99. The highest BCUT2D eigenvalue weighted by molar-refractivity contribution is 6.30. The molecule has 0 bridgehead atoms. The molecule has 2 aromatic carbocycles. The average molecular weight is 539 g/mol. The minimum atomic E-state index is -0.651. The number of nitrogens with one attached hydrogen (secondary N) is 2. The molecule has 4 rings (SSSR count). The van der Waals surface area contributed by atoms with Crippen LogP contribution in [0.4, 0.5) is 11.5 Å². The fourth-order valence-electron chi connectivity index (χ4n) is 3.84. The second kappa shape index (κ2) is 13.0. The largest absolute Gasteiger partial charge is 0.459 e. The summed E-state index contributed by atoms with van der Waals surface area (Å²) in [5.41, 5.74) is 2.61. The minimum Gasteiger partial charge on any atom is -0.459 e. The number of aromatic nitrogens is 1. The van der Waals surface area contributed by atoms with Gasteiger partial charge < -0.3 is 25.2 Å². The van der Waals surface area contributed by atoms with Gasteiger partial charge in [0.15, 0.2) is 5.76 Å². The summed E-state index contributed by atoms with van der Waals surface area (Å²) in [6.07, 6.45) is 2.81. The highest BCUT2D eigenvalue weighted by Crippen LogP contribution is 2.32. The third-order valence-corrected chi connectivity index (χ3v) is 6.15. The number of benzene rings is 2. The number of rotatable bonds is 11. The Kier molecular flexibility index (Phi) is 9.26. The molecular weight excluding hydrogens is 512 g/mol. The highest BCUT2D eigenvalue weighted by atomic mass is 35.5. The number of aliphatic hydroxyl groups excluding tert-OH is 1. The van der Waals surface area contributed by atoms with E-state index in [1.165, 1.54) is 18.3 Å². The molecule has 0 fully saturated rings. The van der Waals surface area contributed by atoms with Gasteiger partial charge in [-0.25, -0.2) is 4.98 Å². The number of anilines is 1. The first kappa shape index (κ1) is 27.1. The molecule has 1 aliphatic rings. The first-order valence-corrected chi connectivity index (χ1v) is 12.4. The zero-order valence-electron chi connectivity index (χ0n) is 20.4. The number of pyridine rings is 1. The van der Waals surface area contributed by atoms with Crippen LogP contribution < -0.4 is 10.6 Å². The van der Waals surface area contributed by atoms with Crippen molar-refractivity contribution < 1.29 is 24.3 Å². The number of hydrogen-bond acceptors (Lipinski definition) is 8. The Morgan fingerprint density at radius 2 is 1.84 bits per heavy atom. The van der Waals surface area contributed by atoms with Gasteiger partial charge in [0.05, 0.1) is 18.1 Å². The van der Waals surface area contributed by atoms with Crippen LogP contribution in [0.5, 0.6) is 0 Å². The molecule has 2 atom stereocenters. The second-order valence-corrected chi connectivity index (χ2v) is 9.04. The van der Waals surface area contributed by atoms with Gasteiger partial charge in [0.25, 0.3) is 11.6 Å². The van der Waals surface area contributed by atoms with E-state index < -0.39 is 11.2 Å². The van der Waals surface area contributed by atoms with Gasteiger partial charge in [0.2, 0.25) is 6.29 Å². The smallest absolute Gasteiger partial charge is 0.287 e. The van der Waals surface area contributed by atoms with Crippen LogP contribution in [0.15, 0.2) is 78.7 Å².